The van der Waals surface area contributed by atoms with E-state index in [1.165, 1.54) is 0 Å². The van der Waals surface area contributed by atoms with Crippen molar-refractivity contribution in [3.63, 3.8) is 0 Å². The van der Waals surface area contributed by atoms with E-state index in [1.807, 2.05) is 13.8 Å². The number of ether oxygens (including phenoxy) is 3. The molecule has 4 bridgehead atoms. The summed E-state index contributed by atoms with van der Waals surface area (Å²) in [5.74, 6) is -1.29. The van der Waals surface area contributed by atoms with Crippen LogP contribution in [0.2, 0.25) is 0 Å². The molecule has 0 saturated carbocycles. The zero-order valence-electron chi connectivity index (χ0n) is 27.4. The topological polar surface area (TPSA) is 157 Å². The van der Waals surface area contributed by atoms with E-state index in [0.717, 1.165) is 5.57 Å². The number of amidine groups is 1. The van der Waals surface area contributed by atoms with Crippen molar-refractivity contribution in [2.75, 3.05) is 18.7 Å². The number of aliphatic hydroxyl groups is 1. The SMILES string of the molecule is C=C(O)C(F)(F)F.C=C/C=C(\C=C)COc1ccccc1C(=O)NNC(=O)C1Nc2ccc(cc2)/C(N)=N\COc2cc1ccc2OC(C)C. The minimum Gasteiger partial charge on any atom is -0.505 e. The molecule has 0 fully saturated rings. The second-order valence-corrected chi connectivity index (χ2v) is 10.7. The quantitative estimate of drug-likeness (QED) is 0.0974. The Morgan fingerprint density at radius 3 is 2.40 bits per heavy atom. The number of carbonyl (C=O) groups is 2. The van der Waals surface area contributed by atoms with Crippen LogP contribution in [-0.4, -0.2) is 48.4 Å². The maximum atomic E-state index is 13.6. The predicted octanol–water partition coefficient (Wildman–Crippen LogP) is 6.44. The van der Waals surface area contributed by atoms with Crippen LogP contribution in [0.15, 0.2) is 121 Å². The molecule has 2 amide bonds. The molecule has 5 rings (SSSR count). The van der Waals surface area contributed by atoms with Crippen molar-refractivity contribution >= 4 is 23.3 Å². The Balaban J connectivity index is 0.000000872. The highest BCUT2D eigenvalue weighted by atomic mass is 19.4. The zero-order valence-corrected chi connectivity index (χ0v) is 27.4. The number of anilines is 1. The van der Waals surface area contributed by atoms with Gasteiger partial charge in [-0.05, 0) is 73.5 Å². The van der Waals surface area contributed by atoms with Crippen LogP contribution in [0.25, 0.3) is 0 Å². The van der Waals surface area contributed by atoms with Crippen LogP contribution in [0.4, 0.5) is 18.9 Å². The molecule has 1 unspecified atom stereocenters. The number of nitrogens with one attached hydrogen (secondary N) is 3. The third kappa shape index (κ3) is 11.2. The minimum absolute atomic E-state index is 0.0506. The van der Waals surface area contributed by atoms with Crippen LogP contribution in [0.5, 0.6) is 17.2 Å². The third-order valence-corrected chi connectivity index (χ3v) is 6.62. The van der Waals surface area contributed by atoms with E-state index in [-0.39, 0.29) is 25.0 Å². The van der Waals surface area contributed by atoms with Crippen molar-refractivity contribution in [3.8, 4) is 17.2 Å². The highest BCUT2D eigenvalue weighted by Gasteiger charge is 2.31. The van der Waals surface area contributed by atoms with Gasteiger partial charge in [0.15, 0.2) is 24.0 Å². The number of nitrogens with zero attached hydrogens (tertiary/aromatic N) is 1. The summed E-state index contributed by atoms with van der Waals surface area (Å²) in [5, 5.41) is 10.8. The predicted molar refractivity (Wildman–Crippen MR) is 185 cm³/mol. The standard InChI is InChI=1S/C33H35N5O5.C3H3F3O/c1-5-9-22(6-2)19-41-27-11-8-7-10-26(27)32(39)37-38-33(40)30-24-14-17-28(43-21(3)4)29(18-24)42-20-35-31(34)23-12-15-25(36-30)16-13-23;1-2(7)3(4,5)6/h5-18,21,30,36H,1-2,19-20H2,3-4H3,(H2,34,35)(H,37,39)(H,38,40);7H,1H2/b22-9+;. The fraction of sp³-hybridized carbons (Fsp3) is 0.194. The lowest BCUT2D eigenvalue weighted by Gasteiger charge is -2.22. The summed E-state index contributed by atoms with van der Waals surface area (Å²) in [5.41, 5.74) is 14.1. The Kier molecular flexibility index (Phi) is 13.6. The van der Waals surface area contributed by atoms with Gasteiger partial charge in [0.25, 0.3) is 11.8 Å². The monoisotopic (exact) mass is 693 g/mol. The van der Waals surface area contributed by atoms with Crippen LogP contribution in [-0.2, 0) is 4.79 Å². The molecule has 2 heterocycles. The van der Waals surface area contributed by atoms with E-state index >= 15 is 0 Å². The van der Waals surface area contributed by atoms with Crippen LogP contribution in [0.3, 0.4) is 0 Å². The Morgan fingerprint density at radius 1 is 1.10 bits per heavy atom. The number of carbonyl (C=O) groups excluding carboxylic acids is 2. The van der Waals surface area contributed by atoms with Gasteiger partial charge in [-0.25, -0.2) is 4.99 Å². The molecule has 2 aliphatic heterocycles. The van der Waals surface area contributed by atoms with Gasteiger partial charge >= 0.3 is 6.18 Å². The van der Waals surface area contributed by atoms with E-state index in [0.29, 0.717) is 39.9 Å². The molecule has 0 saturated heterocycles. The van der Waals surface area contributed by atoms with Gasteiger partial charge in [0.1, 0.15) is 24.2 Å². The number of hydrogen-bond donors (Lipinski definition) is 5. The lowest BCUT2D eigenvalue weighted by atomic mass is 10.0. The number of fused-ring (bicyclic) bond motifs is 5. The number of aliphatic imine (C=N–C) groups is 1. The largest absolute Gasteiger partial charge is 0.505 e. The Labute approximate surface area is 287 Å². The van der Waals surface area contributed by atoms with E-state index in [4.69, 9.17) is 25.1 Å². The summed E-state index contributed by atoms with van der Waals surface area (Å²) in [7, 11) is 0. The first-order valence-electron chi connectivity index (χ1n) is 15.0. The number of hydrogen-bond acceptors (Lipinski definition) is 9. The number of para-hydroxylation sites is 1. The van der Waals surface area contributed by atoms with Gasteiger partial charge in [-0.2, -0.15) is 13.2 Å². The van der Waals surface area contributed by atoms with Crippen LogP contribution < -0.4 is 36.1 Å². The average molecular weight is 694 g/mol. The van der Waals surface area contributed by atoms with Gasteiger partial charge < -0.3 is 30.4 Å². The first-order chi connectivity index (χ1) is 23.7. The Morgan fingerprint density at radius 2 is 1.78 bits per heavy atom. The van der Waals surface area contributed by atoms with Crippen molar-refractivity contribution in [1.82, 2.24) is 10.9 Å². The van der Waals surface area contributed by atoms with Gasteiger partial charge in [0, 0.05) is 11.3 Å². The highest BCUT2D eigenvalue weighted by molar-refractivity contribution is 5.99. The summed E-state index contributed by atoms with van der Waals surface area (Å²) >= 11 is 0. The smallest absolute Gasteiger partial charge is 0.448 e. The number of amides is 2. The van der Waals surface area contributed by atoms with Crippen LogP contribution in [0.1, 0.15) is 41.4 Å². The Bertz CT molecular complexity index is 1750. The second kappa shape index (κ2) is 17.8. The van der Waals surface area contributed by atoms with E-state index < -0.39 is 29.8 Å². The molecule has 0 aliphatic carbocycles. The lowest BCUT2D eigenvalue weighted by molar-refractivity contribution is -0.122. The molecule has 14 heteroatoms. The van der Waals surface area contributed by atoms with Crippen molar-refractivity contribution in [1.29, 1.82) is 0 Å². The molecule has 0 spiro atoms. The van der Waals surface area contributed by atoms with Gasteiger partial charge in [-0.1, -0.05) is 56.2 Å². The van der Waals surface area contributed by atoms with Crippen molar-refractivity contribution in [2.24, 2.45) is 10.7 Å². The maximum absolute atomic E-state index is 13.6. The number of aliphatic hydroxyl groups excluding tert-OH is 1. The molecule has 1 atom stereocenters. The van der Waals surface area contributed by atoms with E-state index in [9.17, 15) is 22.8 Å². The van der Waals surface area contributed by atoms with Gasteiger partial charge in [0.05, 0.1) is 11.7 Å². The van der Waals surface area contributed by atoms with Crippen molar-refractivity contribution < 1.29 is 42.1 Å². The molecule has 2 aliphatic rings. The normalized spacial score (nSPS) is 15.0. The fourth-order valence-electron chi connectivity index (χ4n) is 4.16. The molecular weight excluding hydrogens is 655 g/mol. The zero-order chi connectivity index (χ0) is 36.8. The van der Waals surface area contributed by atoms with Crippen LogP contribution in [0, 0.1) is 0 Å². The number of alkyl halides is 3. The van der Waals surface area contributed by atoms with Crippen LogP contribution >= 0.6 is 0 Å². The third-order valence-electron chi connectivity index (χ3n) is 6.62. The summed E-state index contributed by atoms with van der Waals surface area (Å²) in [6.45, 7) is 13.6. The first kappa shape index (κ1) is 38.3. The number of benzene rings is 3. The summed E-state index contributed by atoms with van der Waals surface area (Å²) in [6, 6.07) is 18.2. The summed E-state index contributed by atoms with van der Waals surface area (Å²) < 4.78 is 50.1. The average Bonchev–Trinajstić information content (AvgIpc) is 3.09. The number of halogens is 3. The molecule has 0 radical (unpaired) electrons. The summed E-state index contributed by atoms with van der Waals surface area (Å²) in [4.78, 5) is 31.1. The molecule has 3 aromatic carbocycles. The van der Waals surface area contributed by atoms with E-state index in [2.05, 4.69) is 40.9 Å². The lowest BCUT2D eigenvalue weighted by Crippen LogP contribution is -2.45. The highest BCUT2D eigenvalue weighted by Crippen LogP contribution is 2.33. The van der Waals surface area contributed by atoms with Gasteiger partial charge in [0.2, 0.25) is 0 Å². The molecule has 11 nitrogen and oxygen atoms in total. The number of nitrogens with two attached hydrogens (primary N) is 1. The van der Waals surface area contributed by atoms with Gasteiger partial charge in [-0.15, -0.1) is 0 Å². The maximum Gasteiger partial charge on any atom is 0.448 e. The number of rotatable bonds is 9. The molecular formula is C36H38F3N5O6. The first-order valence-corrected chi connectivity index (χ1v) is 15.0. The number of allylic oxidation sites excluding steroid dienone is 3. The van der Waals surface area contributed by atoms with Crippen molar-refractivity contribution in [3.05, 3.63) is 133 Å². The molecule has 3 aromatic rings. The molecule has 6 N–H and O–H groups in total. The fourth-order valence-corrected chi connectivity index (χ4v) is 4.16. The molecule has 0 aromatic heterocycles. The second-order valence-electron chi connectivity index (χ2n) is 10.7. The Hall–Kier alpha value is -6.18. The van der Waals surface area contributed by atoms with Gasteiger partial charge in [-0.3, -0.25) is 20.4 Å². The summed E-state index contributed by atoms with van der Waals surface area (Å²) in [6.07, 6.45) is 0.292. The van der Waals surface area contributed by atoms with E-state index in [1.54, 1.807) is 85.0 Å². The molecule has 264 valence electrons. The minimum atomic E-state index is -4.64. The number of hydrazine groups is 1. The molecule has 50 heavy (non-hydrogen) atoms. The van der Waals surface area contributed by atoms with Crippen molar-refractivity contribution in [2.45, 2.75) is 32.2 Å².